The molecule has 5 nitrogen and oxygen atoms in total. The summed E-state index contributed by atoms with van der Waals surface area (Å²) in [5, 5.41) is 11.4. The number of carbonyl (C=O) groups is 2. The van der Waals surface area contributed by atoms with Crippen molar-refractivity contribution in [2.24, 2.45) is 11.8 Å². The Bertz CT molecular complexity index is 352. The Balaban J connectivity index is 2.22. The van der Waals surface area contributed by atoms with E-state index < -0.39 is 0 Å². The third-order valence-electron chi connectivity index (χ3n) is 3.38. The van der Waals surface area contributed by atoms with E-state index in [2.05, 4.69) is 5.32 Å². The second-order valence-electron chi connectivity index (χ2n) is 5.56. The molecule has 1 rings (SSSR count). The van der Waals surface area contributed by atoms with Crippen LogP contribution in [-0.2, 0) is 9.59 Å². The Morgan fingerprint density at radius 3 is 2.53 bits per heavy atom. The molecule has 0 atom stereocenters. The molecular formula is C14H23N3O2. The number of rotatable bonds is 5. The van der Waals surface area contributed by atoms with Crippen molar-refractivity contribution in [2.45, 2.75) is 39.5 Å². The number of carbonyl (C=O) groups excluding carboxylic acids is 2. The van der Waals surface area contributed by atoms with Crippen molar-refractivity contribution >= 4 is 11.8 Å². The Morgan fingerprint density at radius 1 is 1.37 bits per heavy atom. The smallest absolute Gasteiger partial charge is 0.236 e. The number of likely N-dealkylation sites (tertiary alicyclic amines) is 1. The van der Waals surface area contributed by atoms with Crippen LogP contribution in [0.4, 0.5) is 0 Å². The molecular weight excluding hydrogens is 242 g/mol. The van der Waals surface area contributed by atoms with Crippen molar-refractivity contribution in [3.8, 4) is 6.07 Å². The number of amides is 2. The normalized spacial score (nSPS) is 16.2. The highest BCUT2D eigenvalue weighted by Crippen LogP contribution is 2.17. The minimum Gasteiger partial charge on any atom is -0.356 e. The van der Waals surface area contributed by atoms with Gasteiger partial charge in [0.2, 0.25) is 11.8 Å². The lowest BCUT2D eigenvalue weighted by Gasteiger charge is -2.31. The Hall–Kier alpha value is -1.57. The summed E-state index contributed by atoms with van der Waals surface area (Å²) >= 11 is 0. The van der Waals surface area contributed by atoms with E-state index in [0.717, 1.165) is 12.8 Å². The van der Waals surface area contributed by atoms with Gasteiger partial charge in [-0.3, -0.25) is 9.59 Å². The number of nitriles is 1. The van der Waals surface area contributed by atoms with Crippen LogP contribution in [0.1, 0.15) is 39.5 Å². The minimum absolute atomic E-state index is 0.0320. The molecule has 0 aromatic carbocycles. The minimum atomic E-state index is -0.0789. The fourth-order valence-electron chi connectivity index (χ4n) is 2.27. The van der Waals surface area contributed by atoms with E-state index >= 15 is 0 Å². The fraction of sp³-hybridized carbons (Fsp3) is 0.786. The topological polar surface area (TPSA) is 73.2 Å². The number of nitrogens with one attached hydrogen (secondary N) is 1. The van der Waals surface area contributed by atoms with Gasteiger partial charge in [-0.1, -0.05) is 13.8 Å². The van der Waals surface area contributed by atoms with Crippen LogP contribution in [0, 0.1) is 23.2 Å². The number of hydrogen-bond donors (Lipinski definition) is 1. The van der Waals surface area contributed by atoms with Crippen LogP contribution in [0.25, 0.3) is 0 Å². The molecule has 0 spiro atoms. The van der Waals surface area contributed by atoms with E-state index in [0.29, 0.717) is 37.9 Å². The van der Waals surface area contributed by atoms with Crippen molar-refractivity contribution in [1.29, 1.82) is 5.26 Å². The van der Waals surface area contributed by atoms with Gasteiger partial charge in [-0.05, 0) is 24.7 Å². The quantitative estimate of drug-likeness (QED) is 0.814. The first-order valence-electron chi connectivity index (χ1n) is 6.94. The van der Waals surface area contributed by atoms with Crippen molar-refractivity contribution in [3.63, 3.8) is 0 Å². The van der Waals surface area contributed by atoms with Gasteiger partial charge in [-0.25, -0.2) is 0 Å². The van der Waals surface area contributed by atoms with E-state index in [-0.39, 0.29) is 18.2 Å². The number of hydrogen-bond acceptors (Lipinski definition) is 3. The first-order chi connectivity index (χ1) is 9.02. The molecule has 1 aliphatic rings. The van der Waals surface area contributed by atoms with E-state index in [9.17, 15) is 9.59 Å². The lowest BCUT2D eigenvalue weighted by molar-refractivity contribution is -0.131. The summed E-state index contributed by atoms with van der Waals surface area (Å²) in [6.45, 7) is 6.15. The molecule has 0 aromatic heterocycles. The summed E-state index contributed by atoms with van der Waals surface area (Å²) in [4.78, 5) is 24.8. The van der Waals surface area contributed by atoms with Gasteiger partial charge in [0.25, 0.3) is 0 Å². The molecule has 1 aliphatic heterocycles. The van der Waals surface area contributed by atoms with Crippen molar-refractivity contribution in [3.05, 3.63) is 0 Å². The maximum atomic E-state index is 11.5. The molecule has 0 aromatic rings. The van der Waals surface area contributed by atoms with Crippen molar-refractivity contribution in [1.82, 2.24) is 10.2 Å². The SMILES string of the molecule is CC(C)CC(=O)NCC1CCN(C(=O)CC#N)CC1. The van der Waals surface area contributed by atoms with Crippen molar-refractivity contribution < 1.29 is 9.59 Å². The Kier molecular flexibility index (Phi) is 6.34. The zero-order valence-corrected chi connectivity index (χ0v) is 11.8. The molecule has 2 amide bonds. The summed E-state index contributed by atoms with van der Waals surface area (Å²) in [5.41, 5.74) is 0. The fourth-order valence-corrected chi connectivity index (χ4v) is 2.27. The van der Waals surface area contributed by atoms with Gasteiger partial charge in [0, 0.05) is 26.1 Å². The molecule has 1 fully saturated rings. The monoisotopic (exact) mass is 265 g/mol. The summed E-state index contributed by atoms with van der Waals surface area (Å²) in [5.74, 6) is 0.857. The highest BCUT2D eigenvalue weighted by Gasteiger charge is 2.22. The lowest BCUT2D eigenvalue weighted by atomic mass is 9.96. The lowest BCUT2D eigenvalue weighted by Crippen LogP contribution is -2.41. The summed E-state index contributed by atoms with van der Waals surface area (Å²) < 4.78 is 0. The van der Waals surface area contributed by atoms with Crippen LogP contribution in [0.5, 0.6) is 0 Å². The molecule has 1 N–H and O–H groups in total. The van der Waals surface area contributed by atoms with Crippen LogP contribution in [0.15, 0.2) is 0 Å². The van der Waals surface area contributed by atoms with E-state index in [4.69, 9.17) is 5.26 Å². The summed E-state index contributed by atoms with van der Waals surface area (Å²) in [6, 6.07) is 1.89. The molecule has 0 unspecified atom stereocenters. The molecule has 0 aliphatic carbocycles. The van der Waals surface area contributed by atoms with Crippen LogP contribution in [0.2, 0.25) is 0 Å². The van der Waals surface area contributed by atoms with Gasteiger partial charge in [0.15, 0.2) is 0 Å². The van der Waals surface area contributed by atoms with Gasteiger partial charge >= 0.3 is 0 Å². The van der Waals surface area contributed by atoms with Gasteiger partial charge in [0.05, 0.1) is 6.07 Å². The largest absolute Gasteiger partial charge is 0.356 e. The summed E-state index contributed by atoms with van der Waals surface area (Å²) in [6.07, 6.45) is 2.34. The van der Waals surface area contributed by atoms with Gasteiger partial charge in [0.1, 0.15) is 6.42 Å². The number of piperidine rings is 1. The molecule has 0 radical (unpaired) electrons. The first-order valence-corrected chi connectivity index (χ1v) is 6.94. The molecule has 5 heteroatoms. The standard InChI is InChI=1S/C14H23N3O2/c1-11(2)9-13(18)16-10-12-4-7-17(8-5-12)14(19)3-6-15/h11-12H,3-5,7-10H2,1-2H3,(H,16,18). The average molecular weight is 265 g/mol. The molecule has 1 heterocycles. The first kappa shape index (κ1) is 15.5. The van der Waals surface area contributed by atoms with Crippen LogP contribution < -0.4 is 5.32 Å². The maximum Gasteiger partial charge on any atom is 0.236 e. The predicted molar refractivity (Wildman–Crippen MR) is 72.0 cm³/mol. The van der Waals surface area contributed by atoms with E-state index in [1.54, 1.807) is 4.90 Å². The molecule has 0 bridgehead atoms. The summed E-state index contributed by atoms with van der Waals surface area (Å²) in [7, 11) is 0. The molecule has 19 heavy (non-hydrogen) atoms. The second-order valence-corrected chi connectivity index (χ2v) is 5.56. The molecule has 106 valence electrons. The van der Waals surface area contributed by atoms with Crippen LogP contribution >= 0.6 is 0 Å². The van der Waals surface area contributed by atoms with Gasteiger partial charge in [-0.15, -0.1) is 0 Å². The predicted octanol–water partition coefficient (Wildman–Crippen LogP) is 1.30. The Morgan fingerprint density at radius 2 is 2.00 bits per heavy atom. The average Bonchev–Trinajstić information content (AvgIpc) is 2.36. The maximum absolute atomic E-state index is 11.5. The van der Waals surface area contributed by atoms with Crippen molar-refractivity contribution in [2.75, 3.05) is 19.6 Å². The van der Waals surface area contributed by atoms with Crippen LogP contribution in [-0.4, -0.2) is 36.3 Å². The van der Waals surface area contributed by atoms with E-state index in [1.165, 1.54) is 0 Å². The van der Waals surface area contributed by atoms with Gasteiger partial charge in [-0.2, -0.15) is 5.26 Å². The third kappa shape index (κ3) is 5.73. The number of nitrogens with zero attached hydrogens (tertiary/aromatic N) is 2. The zero-order valence-electron chi connectivity index (χ0n) is 11.8. The molecule has 1 saturated heterocycles. The molecule has 0 saturated carbocycles. The Labute approximate surface area is 115 Å². The third-order valence-corrected chi connectivity index (χ3v) is 3.38. The zero-order chi connectivity index (χ0) is 14.3. The highest BCUT2D eigenvalue weighted by molar-refractivity contribution is 5.78. The van der Waals surface area contributed by atoms with Gasteiger partial charge < -0.3 is 10.2 Å². The van der Waals surface area contributed by atoms with E-state index in [1.807, 2.05) is 19.9 Å². The highest BCUT2D eigenvalue weighted by atomic mass is 16.2. The second kappa shape index (κ2) is 7.78. The van der Waals surface area contributed by atoms with Crippen LogP contribution in [0.3, 0.4) is 0 Å².